The summed E-state index contributed by atoms with van der Waals surface area (Å²) in [4.78, 5) is 0. The Morgan fingerprint density at radius 2 is 1.43 bits per heavy atom. The predicted octanol–water partition coefficient (Wildman–Crippen LogP) is 5.54. The summed E-state index contributed by atoms with van der Waals surface area (Å²) in [6, 6.07) is 6.54. The molecule has 0 aliphatic carbocycles. The molecule has 122 valence electrons. The topological polar surface area (TPSA) is 55.2 Å². The molecular weight excluding hydrogens is 258 g/mol. The average Bonchev–Trinajstić information content (AvgIpc) is 2.41. The SMILES string of the molecule is CCCc1cccc(C(O)(CCC)CCC)c1CCC.N. The van der Waals surface area contributed by atoms with Crippen LogP contribution in [0.2, 0.25) is 0 Å². The maximum atomic E-state index is 11.2. The maximum absolute atomic E-state index is 11.2. The lowest BCUT2D eigenvalue weighted by atomic mass is 9.80. The van der Waals surface area contributed by atoms with E-state index in [1.165, 1.54) is 23.1 Å². The van der Waals surface area contributed by atoms with Crippen LogP contribution in [0.5, 0.6) is 0 Å². The van der Waals surface area contributed by atoms with E-state index >= 15 is 0 Å². The molecule has 0 atom stereocenters. The third-order valence-corrected chi connectivity index (χ3v) is 4.12. The van der Waals surface area contributed by atoms with Crippen LogP contribution in [-0.4, -0.2) is 5.11 Å². The fourth-order valence-corrected chi connectivity index (χ4v) is 3.34. The van der Waals surface area contributed by atoms with Crippen molar-refractivity contribution >= 4 is 0 Å². The van der Waals surface area contributed by atoms with Gasteiger partial charge in [-0.15, -0.1) is 0 Å². The lowest BCUT2D eigenvalue weighted by molar-refractivity contribution is 0.0160. The van der Waals surface area contributed by atoms with Crippen molar-refractivity contribution in [1.82, 2.24) is 6.15 Å². The molecule has 1 aromatic carbocycles. The molecule has 0 aliphatic rings. The van der Waals surface area contributed by atoms with E-state index in [1.54, 1.807) is 0 Å². The first-order chi connectivity index (χ1) is 9.62. The number of rotatable bonds is 9. The number of benzene rings is 1. The molecule has 1 aromatic rings. The minimum atomic E-state index is -0.627. The fraction of sp³-hybridized carbons (Fsp3) is 0.684. The van der Waals surface area contributed by atoms with Crippen LogP contribution >= 0.6 is 0 Å². The summed E-state index contributed by atoms with van der Waals surface area (Å²) < 4.78 is 0. The molecule has 0 aliphatic heterocycles. The molecule has 21 heavy (non-hydrogen) atoms. The Kier molecular flexibility index (Phi) is 9.56. The van der Waals surface area contributed by atoms with Crippen LogP contribution < -0.4 is 6.15 Å². The molecule has 0 heterocycles. The van der Waals surface area contributed by atoms with Gasteiger partial charge < -0.3 is 11.3 Å². The maximum Gasteiger partial charge on any atom is 0.0899 e. The summed E-state index contributed by atoms with van der Waals surface area (Å²) >= 11 is 0. The van der Waals surface area contributed by atoms with Gasteiger partial charge in [-0.1, -0.05) is 71.6 Å². The Morgan fingerprint density at radius 3 is 1.90 bits per heavy atom. The molecule has 4 N–H and O–H groups in total. The molecule has 0 amide bonds. The Labute approximate surface area is 131 Å². The lowest BCUT2D eigenvalue weighted by Crippen LogP contribution is -2.27. The lowest BCUT2D eigenvalue weighted by Gasteiger charge is -2.31. The van der Waals surface area contributed by atoms with Gasteiger partial charge in [0.1, 0.15) is 0 Å². The molecule has 0 saturated carbocycles. The molecule has 0 unspecified atom stereocenters. The van der Waals surface area contributed by atoms with Gasteiger partial charge in [-0.2, -0.15) is 0 Å². The van der Waals surface area contributed by atoms with Gasteiger partial charge in [0.05, 0.1) is 5.60 Å². The summed E-state index contributed by atoms with van der Waals surface area (Å²) in [5.74, 6) is 0. The summed E-state index contributed by atoms with van der Waals surface area (Å²) in [7, 11) is 0. The van der Waals surface area contributed by atoms with E-state index in [4.69, 9.17) is 0 Å². The molecule has 0 saturated heterocycles. The second kappa shape index (κ2) is 9.97. The third-order valence-electron chi connectivity index (χ3n) is 4.12. The van der Waals surface area contributed by atoms with Crippen molar-refractivity contribution in [2.24, 2.45) is 0 Å². The van der Waals surface area contributed by atoms with Gasteiger partial charge in [0.15, 0.2) is 0 Å². The first-order valence-electron chi connectivity index (χ1n) is 8.46. The summed E-state index contributed by atoms with van der Waals surface area (Å²) in [6.07, 6.45) is 8.31. The monoisotopic (exact) mass is 293 g/mol. The Balaban J connectivity index is 0.00000400. The van der Waals surface area contributed by atoms with E-state index in [1.807, 2.05) is 0 Å². The quantitative estimate of drug-likeness (QED) is 0.628. The predicted molar refractivity (Wildman–Crippen MR) is 93.2 cm³/mol. The molecule has 0 spiro atoms. The van der Waals surface area contributed by atoms with E-state index in [2.05, 4.69) is 45.9 Å². The van der Waals surface area contributed by atoms with Gasteiger partial charge in [-0.3, -0.25) is 0 Å². The molecule has 0 radical (unpaired) electrons. The van der Waals surface area contributed by atoms with Gasteiger partial charge in [-0.25, -0.2) is 0 Å². The van der Waals surface area contributed by atoms with Crippen molar-refractivity contribution in [2.75, 3.05) is 0 Å². The van der Waals surface area contributed by atoms with Crippen LogP contribution in [0, 0.1) is 0 Å². The van der Waals surface area contributed by atoms with Crippen molar-refractivity contribution in [3.8, 4) is 0 Å². The fourth-order valence-electron chi connectivity index (χ4n) is 3.34. The van der Waals surface area contributed by atoms with Gasteiger partial charge in [0.25, 0.3) is 0 Å². The number of aliphatic hydroxyl groups is 1. The van der Waals surface area contributed by atoms with Crippen LogP contribution in [0.4, 0.5) is 0 Å². The Morgan fingerprint density at radius 1 is 0.857 bits per heavy atom. The van der Waals surface area contributed by atoms with Crippen LogP contribution in [-0.2, 0) is 18.4 Å². The Hall–Kier alpha value is -0.860. The highest BCUT2D eigenvalue weighted by atomic mass is 16.3. The van der Waals surface area contributed by atoms with Gasteiger partial charge in [0, 0.05) is 0 Å². The van der Waals surface area contributed by atoms with Crippen molar-refractivity contribution in [2.45, 2.75) is 84.7 Å². The van der Waals surface area contributed by atoms with Gasteiger partial charge in [-0.05, 0) is 42.4 Å². The Bertz CT molecular complexity index is 395. The van der Waals surface area contributed by atoms with Gasteiger partial charge >= 0.3 is 0 Å². The molecule has 2 heteroatoms. The van der Waals surface area contributed by atoms with Crippen LogP contribution in [0.25, 0.3) is 0 Å². The zero-order valence-electron chi connectivity index (χ0n) is 14.5. The highest BCUT2D eigenvalue weighted by Gasteiger charge is 2.30. The van der Waals surface area contributed by atoms with Crippen molar-refractivity contribution < 1.29 is 5.11 Å². The minimum Gasteiger partial charge on any atom is -0.385 e. The normalized spacial score (nSPS) is 11.3. The van der Waals surface area contributed by atoms with Crippen molar-refractivity contribution in [3.63, 3.8) is 0 Å². The highest BCUT2D eigenvalue weighted by molar-refractivity contribution is 5.39. The molecule has 1 rings (SSSR count). The largest absolute Gasteiger partial charge is 0.385 e. The zero-order chi connectivity index (χ0) is 15.0. The summed E-state index contributed by atoms with van der Waals surface area (Å²) in [6.45, 7) is 8.78. The van der Waals surface area contributed by atoms with Crippen molar-refractivity contribution in [3.05, 3.63) is 34.9 Å². The number of hydrogen-bond acceptors (Lipinski definition) is 2. The standard InChI is InChI=1S/C19H32O.H3N/c1-5-10-16-12-9-13-18(17(16)11-6-2)19(20,14-7-3)15-8-4;/h9,12-13,20H,5-8,10-11,14-15H2,1-4H3;1H3. The van der Waals surface area contributed by atoms with E-state index in [9.17, 15) is 5.11 Å². The first-order valence-corrected chi connectivity index (χ1v) is 8.46. The molecule has 0 bridgehead atoms. The molecule has 2 nitrogen and oxygen atoms in total. The number of aryl methyl sites for hydroxylation is 1. The molecule has 0 fully saturated rings. The van der Waals surface area contributed by atoms with E-state index < -0.39 is 5.60 Å². The first kappa shape index (κ1) is 20.1. The summed E-state index contributed by atoms with van der Waals surface area (Å²) in [5.41, 5.74) is 3.44. The van der Waals surface area contributed by atoms with Gasteiger partial charge in [0.2, 0.25) is 0 Å². The smallest absolute Gasteiger partial charge is 0.0899 e. The highest BCUT2D eigenvalue weighted by Crippen LogP contribution is 2.35. The third kappa shape index (κ3) is 5.12. The minimum absolute atomic E-state index is 0. The van der Waals surface area contributed by atoms with Crippen LogP contribution in [0.3, 0.4) is 0 Å². The van der Waals surface area contributed by atoms with E-state index in [-0.39, 0.29) is 6.15 Å². The molecule has 0 aromatic heterocycles. The molecular formula is C19H35NO. The summed E-state index contributed by atoms with van der Waals surface area (Å²) in [5, 5.41) is 11.2. The average molecular weight is 293 g/mol. The number of hydrogen-bond donors (Lipinski definition) is 2. The van der Waals surface area contributed by atoms with Crippen LogP contribution in [0.1, 0.15) is 82.9 Å². The zero-order valence-corrected chi connectivity index (χ0v) is 14.5. The van der Waals surface area contributed by atoms with Crippen LogP contribution in [0.15, 0.2) is 18.2 Å². The van der Waals surface area contributed by atoms with E-state index in [0.29, 0.717) is 0 Å². The second-order valence-corrected chi connectivity index (χ2v) is 5.97. The van der Waals surface area contributed by atoms with Crippen molar-refractivity contribution in [1.29, 1.82) is 0 Å². The second-order valence-electron chi connectivity index (χ2n) is 5.97. The van der Waals surface area contributed by atoms with E-state index in [0.717, 1.165) is 44.9 Å².